The normalized spacial score (nSPS) is 13.2. The molecule has 3 aromatic rings. The molecule has 27 heavy (non-hydrogen) atoms. The van der Waals surface area contributed by atoms with E-state index < -0.39 is 5.91 Å². The van der Waals surface area contributed by atoms with Gasteiger partial charge in [-0.1, -0.05) is 17.7 Å². The third-order valence-corrected chi connectivity index (χ3v) is 4.17. The molecular formula is C19H18N4O4. The number of aromatic hydroxyl groups is 1. The van der Waals surface area contributed by atoms with Crippen LogP contribution in [0.1, 0.15) is 5.56 Å². The van der Waals surface area contributed by atoms with Crippen LogP contribution in [0.25, 0.3) is 10.9 Å². The molecule has 1 amide bonds. The molecule has 0 saturated heterocycles. The highest BCUT2D eigenvalue weighted by Crippen LogP contribution is 2.42. The highest BCUT2D eigenvalue weighted by molar-refractivity contribution is 5.96. The van der Waals surface area contributed by atoms with E-state index in [4.69, 9.17) is 9.47 Å². The van der Waals surface area contributed by atoms with Crippen molar-refractivity contribution in [3.05, 3.63) is 42.0 Å². The number of carbonyl (C=O) groups excluding carboxylic acids is 1. The van der Waals surface area contributed by atoms with Crippen molar-refractivity contribution in [3.8, 4) is 17.4 Å². The van der Waals surface area contributed by atoms with E-state index in [2.05, 4.69) is 20.5 Å². The maximum atomic E-state index is 12.0. The predicted octanol–water partition coefficient (Wildman–Crippen LogP) is 3.68. The second kappa shape index (κ2) is 6.99. The fourth-order valence-electron chi connectivity index (χ4n) is 2.79. The van der Waals surface area contributed by atoms with Crippen molar-refractivity contribution in [2.45, 2.75) is 6.92 Å². The molecular weight excluding hydrogens is 348 g/mol. The van der Waals surface area contributed by atoms with E-state index in [1.165, 1.54) is 0 Å². The minimum Gasteiger partial charge on any atom is -0.493 e. The van der Waals surface area contributed by atoms with Gasteiger partial charge in [0.25, 0.3) is 5.91 Å². The molecule has 1 aromatic heterocycles. The van der Waals surface area contributed by atoms with Crippen LogP contribution in [0.4, 0.5) is 11.4 Å². The van der Waals surface area contributed by atoms with Gasteiger partial charge in [-0.05, 0) is 25.1 Å². The summed E-state index contributed by atoms with van der Waals surface area (Å²) in [7, 11) is 0. The number of nitrogens with zero attached hydrogens (tertiary/aromatic N) is 2. The van der Waals surface area contributed by atoms with Gasteiger partial charge in [-0.3, -0.25) is 4.79 Å². The van der Waals surface area contributed by atoms with E-state index in [9.17, 15) is 9.90 Å². The van der Waals surface area contributed by atoms with Gasteiger partial charge in [-0.2, -0.15) is 0 Å². The molecule has 0 fully saturated rings. The Labute approximate surface area is 154 Å². The topological polar surface area (TPSA) is 108 Å². The van der Waals surface area contributed by atoms with Crippen molar-refractivity contribution in [3.63, 3.8) is 0 Å². The highest BCUT2D eigenvalue weighted by Gasteiger charge is 2.18. The van der Waals surface area contributed by atoms with E-state index >= 15 is 0 Å². The molecule has 4 rings (SSSR count). The molecule has 8 nitrogen and oxygen atoms in total. The summed E-state index contributed by atoms with van der Waals surface area (Å²) in [5.41, 5.74) is 2.77. The average molecular weight is 366 g/mol. The first-order valence-electron chi connectivity index (χ1n) is 8.49. The lowest BCUT2D eigenvalue weighted by atomic mass is 10.2. The number of aromatic nitrogens is 1. The summed E-state index contributed by atoms with van der Waals surface area (Å²) in [4.78, 5) is 14.8. The van der Waals surface area contributed by atoms with Crippen molar-refractivity contribution < 1.29 is 19.4 Å². The molecule has 138 valence electrons. The number of H-pyrrole nitrogens is 1. The molecule has 2 heterocycles. The number of rotatable bonds is 4. The van der Waals surface area contributed by atoms with Crippen LogP contribution in [-0.4, -0.2) is 35.8 Å². The van der Waals surface area contributed by atoms with Gasteiger partial charge in [0.05, 0.1) is 12.1 Å². The lowest BCUT2D eigenvalue weighted by Crippen LogP contribution is -2.15. The van der Waals surface area contributed by atoms with Gasteiger partial charge >= 0.3 is 0 Å². The van der Waals surface area contributed by atoms with Crippen LogP contribution in [0.2, 0.25) is 0 Å². The molecule has 3 N–H and O–H groups in total. The molecule has 1 aliphatic heterocycles. The summed E-state index contributed by atoms with van der Waals surface area (Å²) < 4.78 is 11.1. The zero-order chi connectivity index (χ0) is 18.8. The first kappa shape index (κ1) is 16.9. The van der Waals surface area contributed by atoms with E-state index in [-0.39, 0.29) is 18.1 Å². The number of hydrogen-bond acceptors (Lipinski definition) is 6. The number of nitrogens with one attached hydrogen (secondary N) is 2. The minimum absolute atomic E-state index is 0.00201. The second-order valence-corrected chi connectivity index (χ2v) is 6.18. The SMILES string of the molecule is Cc1ccc(NCC(=O)N=Nc2c(O)[nH]c3cc4c(cc23)OCCO4)cc1. The fourth-order valence-corrected chi connectivity index (χ4v) is 2.79. The summed E-state index contributed by atoms with van der Waals surface area (Å²) in [6.07, 6.45) is 0. The van der Waals surface area contributed by atoms with Crippen molar-refractivity contribution in [1.29, 1.82) is 0 Å². The van der Waals surface area contributed by atoms with Gasteiger partial charge in [0.15, 0.2) is 17.2 Å². The number of hydrogen-bond donors (Lipinski definition) is 3. The van der Waals surface area contributed by atoms with E-state index in [1.54, 1.807) is 12.1 Å². The number of fused-ring (bicyclic) bond motifs is 2. The molecule has 8 heteroatoms. The molecule has 1 aliphatic rings. The number of aromatic amines is 1. The van der Waals surface area contributed by atoms with Crippen LogP contribution in [0, 0.1) is 6.92 Å². The lowest BCUT2D eigenvalue weighted by molar-refractivity contribution is -0.116. The molecule has 0 aliphatic carbocycles. The van der Waals surface area contributed by atoms with Gasteiger partial charge in [0.1, 0.15) is 13.2 Å². The van der Waals surface area contributed by atoms with Crippen LogP contribution >= 0.6 is 0 Å². The number of ether oxygens (including phenoxy) is 2. The molecule has 0 saturated carbocycles. The average Bonchev–Trinajstić information content (AvgIpc) is 2.98. The Hall–Kier alpha value is -3.55. The molecule has 0 atom stereocenters. The van der Waals surface area contributed by atoms with Crippen LogP contribution in [0.3, 0.4) is 0 Å². The number of aryl methyl sites for hydroxylation is 1. The Kier molecular flexibility index (Phi) is 4.37. The van der Waals surface area contributed by atoms with Gasteiger partial charge < -0.3 is 24.9 Å². The summed E-state index contributed by atoms with van der Waals surface area (Å²) in [6.45, 7) is 2.92. The molecule has 0 spiro atoms. The van der Waals surface area contributed by atoms with Crippen molar-refractivity contribution in [2.75, 3.05) is 25.1 Å². The Morgan fingerprint density at radius 1 is 1.19 bits per heavy atom. The van der Waals surface area contributed by atoms with Crippen LogP contribution in [0.5, 0.6) is 17.4 Å². The number of amides is 1. The first-order chi connectivity index (χ1) is 13.1. The van der Waals surface area contributed by atoms with E-state index in [0.717, 1.165) is 11.3 Å². The maximum absolute atomic E-state index is 12.0. The fraction of sp³-hybridized carbons (Fsp3) is 0.211. The Bertz CT molecular complexity index is 1020. The van der Waals surface area contributed by atoms with E-state index in [0.29, 0.717) is 35.6 Å². The van der Waals surface area contributed by atoms with Crippen molar-refractivity contribution >= 4 is 28.2 Å². The van der Waals surface area contributed by atoms with Crippen molar-refractivity contribution in [2.24, 2.45) is 10.2 Å². The Morgan fingerprint density at radius 3 is 2.63 bits per heavy atom. The van der Waals surface area contributed by atoms with Crippen LogP contribution in [-0.2, 0) is 4.79 Å². The zero-order valence-electron chi connectivity index (χ0n) is 14.7. The molecule has 0 bridgehead atoms. The molecule has 0 unspecified atom stereocenters. The second-order valence-electron chi connectivity index (χ2n) is 6.18. The Balaban J connectivity index is 1.51. The number of benzene rings is 2. The highest BCUT2D eigenvalue weighted by atomic mass is 16.6. The quantitative estimate of drug-likeness (QED) is 0.611. The van der Waals surface area contributed by atoms with Gasteiger partial charge in [0.2, 0.25) is 5.88 Å². The lowest BCUT2D eigenvalue weighted by Gasteiger charge is -2.17. The summed E-state index contributed by atoms with van der Waals surface area (Å²) in [6, 6.07) is 11.1. The first-order valence-corrected chi connectivity index (χ1v) is 8.49. The van der Waals surface area contributed by atoms with E-state index in [1.807, 2.05) is 31.2 Å². The standard InChI is InChI=1S/C19H18N4O4/c1-11-2-4-12(5-3-11)20-10-17(24)22-23-18-13-8-15-16(27-7-6-26-15)9-14(13)21-19(18)25/h2-5,8-9,20-21,25H,6-7,10H2,1H3. The summed E-state index contributed by atoms with van der Waals surface area (Å²) in [5, 5.41) is 21.3. The predicted molar refractivity (Wildman–Crippen MR) is 100 cm³/mol. The molecule has 2 aromatic carbocycles. The smallest absolute Gasteiger partial charge is 0.283 e. The minimum atomic E-state index is -0.457. The molecule has 0 radical (unpaired) electrons. The third-order valence-electron chi connectivity index (χ3n) is 4.17. The number of anilines is 1. The monoisotopic (exact) mass is 366 g/mol. The van der Waals surface area contributed by atoms with Crippen molar-refractivity contribution in [1.82, 2.24) is 4.98 Å². The summed E-state index contributed by atoms with van der Waals surface area (Å²) in [5.74, 6) is 0.533. The largest absolute Gasteiger partial charge is 0.493 e. The van der Waals surface area contributed by atoms with Crippen LogP contribution < -0.4 is 14.8 Å². The zero-order valence-corrected chi connectivity index (χ0v) is 14.7. The maximum Gasteiger partial charge on any atom is 0.283 e. The van der Waals surface area contributed by atoms with Gasteiger partial charge in [-0.25, -0.2) is 0 Å². The number of carbonyl (C=O) groups is 1. The third kappa shape index (κ3) is 3.55. The Morgan fingerprint density at radius 2 is 1.89 bits per heavy atom. The van der Waals surface area contributed by atoms with Gasteiger partial charge in [-0.15, -0.1) is 10.2 Å². The number of azo groups is 1. The van der Waals surface area contributed by atoms with Crippen LogP contribution in [0.15, 0.2) is 46.6 Å². The van der Waals surface area contributed by atoms with Gasteiger partial charge in [0, 0.05) is 17.1 Å². The summed E-state index contributed by atoms with van der Waals surface area (Å²) >= 11 is 0.